The van der Waals surface area contributed by atoms with Crippen molar-refractivity contribution >= 4 is 17.5 Å². The van der Waals surface area contributed by atoms with Crippen LogP contribution in [0, 0.1) is 0 Å². The van der Waals surface area contributed by atoms with E-state index >= 15 is 0 Å². The molecule has 28 heavy (non-hydrogen) atoms. The van der Waals surface area contributed by atoms with Crippen molar-refractivity contribution in [2.24, 2.45) is 0 Å². The van der Waals surface area contributed by atoms with Gasteiger partial charge >= 0.3 is 6.09 Å². The van der Waals surface area contributed by atoms with Crippen LogP contribution in [-0.4, -0.2) is 31.6 Å². The number of carbonyl (C=O) groups excluding carboxylic acids is 1. The minimum Gasteiger partial charge on any atom is -0.496 e. The number of nitrogens with one attached hydrogen (secondary N) is 2. The highest BCUT2D eigenvalue weighted by Gasteiger charge is 2.53. The van der Waals surface area contributed by atoms with Gasteiger partial charge in [-0.15, -0.1) is 0 Å². The molecule has 2 aliphatic rings. The minimum atomic E-state index is -0.559. The van der Waals surface area contributed by atoms with Gasteiger partial charge in [-0.2, -0.15) is 0 Å². The van der Waals surface area contributed by atoms with Crippen LogP contribution >= 0.6 is 0 Å². The first-order valence-corrected chi connectivity index (χ1v) is 9.50. The van der Waals surface area contributed by atoms with Crippen LogP contribution in [-0.2, 0) is 14.9 Å². The molecular weight excluding hydrogens is 356 g/mol. The molecule has 1 saturated heterocycles. The summed E-state index contributed by atoms with van der Waals surface area (Å²) in [5.41, 5.74) is 2.98. The molecule has 148 valence electrons. The molecule has 2 heterocycles. The Morgan fingerprint density at radius 3 is 2.75 bits per heavy atom. The maximum absolute atomic E-state index is 12.2. The molecule has 2 N–H and O–H groups in total. The van der Waals surface area contributed by atoms with Crippen molar-refractivity contribution in [3.05, 3.63) is 53.6 Å². The Morgan fingerprint density at radius 2 is 2.00 bits per heavy atom. The summed E-state index contributed by atoms with van der Waals surface area (Å²) in [6.07, 6.45) is 0.175. The van der Waals surface area contributed by atoms with E-state index in [9.17, 15) is 4.79 Å². The van der Waals surface area contributed by atoms with Gasteiger partial charge in [0.25, 0.3) is 0 Å². The van der Waals surface area contributed by atoms with E-state index in [4.69, 9.17) is 14.2 Å². The Hall–Kier alpha value is -2.73. The zero-order valence-electron chi connectivity index (χ0n) is 16.7. The molecule has 0 aromatic heterocycles. The highest BCUT2D eigenvalue weighted by atomic mass is 16.6. The van der Waals surface area contributed by atoms with E-state index < -0.39 is 11.7 Å². The average Bonchev–Trinajstić information content (AvgIpc) is 3.17. The molecule has 1 amide bonds. The largest absolute Gasteiger partial charge is 0.496 e. The first-order valence-electron chi connectivity index (χ1n) is 9.50. The first-order chi connectivity index (χ1) is 13.3. The molecule has 0 saturated carbocycles. The van der Waals surface area contributed by atoms with Crippen LogP contribution in [0.15, 0.2) is 42.5 Å². The molecule has 0 spiro atoms. The number of amides is 1. The lowest BCUT2D eigenvalue weighted by atomic mass is 9.73. The molecular formula is C22H26N2O4. The smallest absolute Gasteiger partial charge is 0.412 e. The standard InChI is InChI=1S/C22H26N2O4/c1-21(2,3)28-20(25)23-14-9-10-18(26-4)16(13-14)22-11-12-27-19(22)24-17-8-6-5-7-15(17)22/h5-10,13,19,24H,11-12H2,1-4H3,(H,23,25)/t19-,22-/m1/s1. The van der Waals surface area contributed by atoms with Gasteiger partial charge in [-0.05, 0) is 57.0 Å². The number of hydrogen-bond donors (Lipinski definition) is 2. The van der Waals surface area contributed by atoms with Crippen molar-refractivity contribution in [3.63, 3.8) is 0 Å². The van der Waals surface area contributed by atoms with Crippen LogP contribution in [0.3, 0.4) is 0 Å². The molecule has 0 radical (unpaired) electrons. The Balaban J connectivity index is 1.76. The van der Waals surface area contributed by atoms with Gasteiger partial charge in [0.1, 0.15) is 17.6 Å². The van der Waals surface area contributed by atoms with Crippen LogP contribution in [0.5, 0.6) is 5.75 Å². The zero-order valence-corrected chi connectivity index (χ0v) is 16.7. The topological polar surface area (TPSA) is 68.8 Å². The van der Waals surface area contributed by atoms with E-state index in [-0.39, 0.29) is 11.6 Å². The fourth-order valence-corrected chi connectivity index (χ4v) is 4.17. The Morgan fingerprint density at radius 1 is 1.21 bits per heavy atom. The van der Waals surface area contributed by atoms with Crippen LogP contribution < -0.4 is 15.4 Å². The molecule has 0 unspecified atom stereocenters. The predicted molar refractivity (Wildman–Crippen MR) is 108 cm³/mol. The van der Waals surface area contributed by atoms with Gasteiger partial charge < -0.3 is 19.5 Å². The normalized spacial score (nSPS) is 22.8. The molecule has 0 aliphatic carbocycles. The fourth-order valence-electron chi connectivity index (χ4n) is 4.17. The molecule has 2 aromatic carbocycles. The van der Waals surface area contributed by atoms with E-state index in [2.05, 4.69) is 22.8 Å². The quantitative estimate of drug-likeness (QED) is 0.818. The van der Waals surface area contributed by atoms with Crippen LogP contribution in [0.25, 0.3) is 0 Å². The summed E-state index contributed by atoms with van der Waals surface area (Å²) in [6.45, 7) is 6.17. The Bertz CT molecular complexity index is 906. The van der Waals surface area contributed by atoms with Crippen molar-refractivity contribution in [1.82, 2.24) is 0 Å². The summed E-state index contributed by atoms with van der Waals surface area (Å²) in [6, 6.07) is 13.9. The number of hydrogen-bond acceptors (Lipinski definition) is 5. The van der Waals surface area contributed by atoms with E-state index in [0.717, 1.165) is 23.4 Å². The monoisotopic (exact) mass is 382 g/mol. The lowest BCUT2D eigenvalue weighted by molar-refractivity contribution is 0.0636. The first kappa shape index (κ1) is 18.6. The lowest BCUT2D eigenvalue weighted by Gasteiger charge is -2.30. The third-order valence-electron chi connectivity index (χ3n) is 5.25. The van der Waals surface area contributed by atoms with Crippen molar-refractivity contribution in [2.75, 3.05) is 24.4 Å². The molecule has 2 aromatic rings. The van der Waals surface area contributed by atoms with Gasteiger partial charge in [0, 0.05) is 16.9 Å². The second-order valence-corrected chi connectivity index (χ2v) is 8.20. The number of benzene rings is 2. The summed E-state index contributed by atoms with van der Waals surface area (Å²) in [4.78, 5) is 12.2. The number of carbonyl (C=O) groups is 1. The van der Waals surface area contributed by atoms with Crippen LogP contribution in [0.1, 0.15) is 38.3 Å². The van der Waals surface area contributed by atoms with Crippen molar-refractivity contribution in [3.8, 4) is 5.75 Å². The van der Waals surface area contributed by atoms with Gasteiger partial charge in [0.05, 0.1) is 19.1 Å². The second kappa shape index (κ2) is 6.71. The maximum atomic E-state index is 12.2. The molecule has 4 rings (SSSR count). The van der Waals surface area contributed by atoms with Crippen molar-refractivity contribution in [2.45, 2.75) is 44.4 Å². The number of methoxy groups -OCH3 is 1. The van der Waals surface area contributed by atoms with Gasteiger partial charge in [0.15, 0.2) is 0 Å². The third kappa shape index (κ3) is 3.07. The average molecular weight is 382 g/mol. The molecule has 6 nitrogen and oxygen atoms in total. The van der Waals surface area contributed by atoms with Crippen LogP contribution in [0.4, 0.5) is 16.2 Å². The molecule has 2 aliphatic heterocycles. The zero-order chi connectivity index (χ0) is 19.9. The van der Waals surface area contributed by atoms with E-state index in [0.29, 0.717) is 12.3 Å². The van der Waals surface area contributed by atoms with Gasteiger partial charge in [-0.25, -0.2) is 4.79 Å². The van der Waals surface area contributed by atoms with Gasteiger partial charge in [0.2, 0.25) is 0 Å². The number of fused-ring (bicyclic) bond motifs is 3. The van der Waals surface area contributed by atoms with Crippen molar-refractivity contribution in [1.29, 1.82) is 0 Å². The molecule has 1 fully saturated rings. The second-order valence-electron chi connectivity index (χ2n) is 8.20. The minimum absolute atomic E-state index is 0.171. The number of ether oxygens (including phenoxy) is 3. The van der Waals surface area contributed by atoms with Gasteiger partial charge in [-0.1, -0.05) is 18.2 Å². The fraction of sp³-hybridized carbons (Fsp3) is 0.409. The maximum Gasteiger partial charge on any atom is 0.412 e. The van der Waals surface area contributed by atoms with Gasteiger partial charge in [-0.3, -0.25) is 5.32 Å². The lowest BCUT2D eigenvalue weighted by Crippen LogP contribution is -2.36. The predicted octanol–water partition coefficient (Wildman–Crippen LogP) is 4.50. The van der Waals surface area contributed by atoms with E-state index in [1.807, 2.05) is 51.1 Å². The SMILES string of the molecule is COc1ccc(NC(=O)OC(C)(C)C)cc1[C@]12CCO[C@H]1Nc1ccccc12. The number of rotatable bonds is 3. The molecule has 2 atom stereocenters. The number of anilines is 2. The Labute approximate surface area is 165 Å². The molecule has 6 heteroatoms. The number of para-hydroxylation sites is 1. The summed E-state index contributed by atoms with van der Waals surface area (Å²) >= 11 is 0. The molecule has 0 bridgehead atoms. The van der Waals surface area contributed by atoms with E-state index in [1.165, 1.54) is 5.56 Å². The summed E-state index contributed by atoms with van der Waals surface area (Å²) in [7, 11) is 1.66. The highest BCUT2D eigenvalue weighted by molar-refractivity contribution is 5.85. The summed E-state index contributed by atoms with van der Waals surface area (Å²) in [5, 5.41) is 6.32. The third-order valence-corrected chi connectivity index (χ3v) is 5.25. The van der Waals surface area contributed by atoms with Crippen molar-refractivity contribution < 1.29 is 19.0 Å². The Kier molecular flexibility index (Phi) is 4.46. The highest BCUT2D eigenvalue weighted by Crippen LogP contribution is 2.54. The summed E-state index contributed by atoms with van der Waals surface area (Å²) in [5.74, 6) is 0.767. The van der Waals surface area contributed by atoms with E-state index in [1.54, 1.807) is 7.11 Å². The van der Waals surface area contributed by atoms with Crippen LogP contribution in [0.2, 0.25) is 0 Å². The summed E-state index contributed by atoms with van der Waals surface area (Å²) < 4.78 is 17.1.